The lowest BCUT2D eigenvalue weighted by atomic mass is 9.88. The van der Waals surface area contributed by atoms with Gasteiger partial charge in [0.05, 0.1) is 16.6 Å². The fourth-order valence-corrected chi connectivity index (χ4v) is 5.88. The molecule has 1 aliphatic heterocycles. The topological polar surface area (TPSA) is 113 Å². The Bertz CT molecular complexity index is 1340. The first-order valence-electron chi connectivity index (χ1n) is 11.3. The first-order valence-corrected chi connectivity index (χ1v) is 12.8. The molecule has 0 bridgehead atoms. The van der Waals surface area contributed by atoms with Gasteiger partial charge in [-0.2, -0.15) is 39.5 Å². The molecule has 0 aliphatic carbocycles. The fraction of sp³-hybridized carbons (Fsp3) is 0.435. The van der Waals surface area contributed by atoms with Gasteiger partial charge in [-0.3, -0.25) is 9.10 Å². The summed E-state index contributed by atoms with van der Waals surface area (Å²) >= 11 is 0. The Morgan fingerprint density at radius 1 is 1.02 bits per heavy atom. The van der Waals surface area contributed by atoms with Crippen LogP contribution in [0, 0.1) is 6.92 Å². The second kappa shape index (κ2) is 10.4. The maximum absolute atomic E-state index is 13.6. The number of sulfonamides is 1. The molecule has 0 saturated heterocycles. The standard InChI is InChI=1S/C23H22F9N3O4S/c1-12-2-7-16(8-3-12)40(38,39)35-15(11-34-19(36)18(33)21(24,25)26)6-4-13-10-14(5-9-17(13)35)20(37,22(27,28)29)23(30,31)32/h2-3,5,7-10,15,18,37H,4,6,11,33H2,1H3,(H,34,36)/t15-,18?/m0/s1. The number of aliphatic hydroxyl groups is 1. The highest BCUT2D eigenvalue weighted by Gasteiger charge is 2.71. The Kier molecular flexibility index (Phi) is 8.19. The number of amides is 1. The molecule has 0 saturated carbocycles. The zero-order valence-corrected chi connectivity index (χ0v) is 21.1. The van der Waals surface area contributed by atoms with Gasteiger partial charge in [-0.1, -0.05) is 29.8 Å². The van der Waals surface area contributed by atoms with Crippen LogP contribution in [0.2, 0.25) is 0 Å². The first-order chi connectivity index (χ1) is 18.1. The molecule has 1 amide bonds. The molecule has 1 heterocycles. The molecule has 0 aromatic heterocycles. The number of fused-ring (bicyclic) bond motifs is 1. The van der Waals surface area contributed by atoms with Crippen molar-refractivity contribution in [2.45, 2.75) is 60.9 Å². The van der Waals surface area contributed by atoms with Gasteiger partial charge in [-0.15, -0.1) is 0 Å². The Morgan fingerprint density at radius 2 is 1.57 bits per heavy atom. The number of aryl methyl sites for hydroxylation is 2. The third-order valence-corrected chi connectivity index (χ3v) is 8.24. The number of anilines is 1. The summed E-state index contributed by atoms with van der Waals surface area (Å²) < 4.78 is 147. The lowest BCUT2D eigenvalue weighted by Crippen LogP contribution is -2.55. The van der Waals surface area contributed by atoms with Gasteiger partial charge in [0.15, 0.2) is 6.04 Å². The van der Waals surface area contributed by atoms with E-state index in [0.717, 1.165) is 0 Å². The van der Waals surface area contributed by atoms with Crippen molar-refractivity contribution in [3.63, 3.8) is 0 Å². The highest BCUT2D eigenvalue weighted by Crippen LogP contribution is 2.51. The summed E-state index contributed by atoms with van der Waals surface area (Å²) in [7, 11) is -4.62. The van der Waals surface area contributed by atoms with Gasteiger partial charge < -0.3 is 16.2 Å². The molecule has 4 N–H and O–H groups in total. The zero-order chi connectivity index (χ0) is 30.5. The summed E-state index contributed by atoms with van der Waals surface area (Å²) in [6.07, 6.45) is -18.2. The smallest absolute Gasteiger partial charge is 0.369 e. The van der Waals surface area contributed by atoms with Crippen LogP contribution in [0.4, 0.5) is 45.2 Å². The molecule has 40 heavy (non-hydrogen) atoms. The number of nitrogens with two attached hydrogens (primary N) is 1. The summed E-state index contributed by atoms with van der Waals surface area (Å²) in [6, 6.07) is 2.20. The van der Waals surface area contributed by atoms with E-state index in [1.165, 1.54) is 24.3 Å². The van der Waals surface area contributed by atoms with E-state index >= 15 is 0 Å². The minimum Gasteiger partial charge on any atom is -0.369 e. The molecule has 2 aromatic rings. The number of hydrogen-bond donors (Lipinski definition) is 3. The molecule has 0 fully saturated rings. The van der Waals surface area contributed by atoms with Gasteiger partial charge in [-0.05, 0) is 43.5 Å². The summed E-state index contributed by atoms with van der Waals surface area (Å²) in [5, 5.41) is 11.7. The normalized spacial score (nSPS) is 17.8. The fourth-order valence-electron chi connectivity index (χ4n) is 4.16. The van der Waals surface area contributed by atoms with Gasteiger partial charge in [0.2, 0.25) is 5.91 Å². The SMILES string of the molecule is Cc1ccc(S(=O)(=O)N2c3ccc(C(O)(C(F)(F)F)C(F)(F)F)cc3CC[C@H]2CNC(=O)C(N)C(F)(F)F)cc1. The second-order valence-electron chi connectivity index (χ2n) is 9.12. The Hall–Kier alpha value is -3.05. The molecule has 7 nitrogen and oxygen atoms in total. The number of nitrogens with one attached hydrogen (secondary N) is 1. The van der Waals surface area contributed by atoms with Crippen molar-refractivity contribution >= 4 is 21.6 Å². The van der Waals surface area contributed by atoms with Crippen LogP contribution in [0.5, 0.6) is 0 Å². The maximum atomic E-state index is 13.6. The van der Waals surface area contributed by atoms with E-state index in [-0.39, 0.29) is 35.1 Å². The molecule has 2 atom stereocenters. The van der Waals surface area contributed by atoms with Crippen LogP contribution in [0.1, 0.15) is 23.1 Å². The molecule has 1 aliphatic rings. The molecular formula is C23H22F9N3O4S. The van der Waals surface area contributed by atoms with Gasteiger partial charge in [0, 0.05) is 12.1 Å². The van der Waals surface area contributed by atoms with Crippen LogP contribution >= 0.6 is 0 Å². The first kappa shape index (κ1) is 31.5. The largest absolute Gasteiger partial charge is 0.430 e. The number of carbonyl (C=O) groups is 1. The highest BCUT2D eigenvalue weighted by molar-refractivity contribution is 7.92. The number of rotatable bonds is 6. The monoisotopic (exact) mass is 607 g/mol. The lowest BCUT2D eigenvalue weighted by molar-refractivity contribution is -0.376. The Morgan fingerprint density at radius 3 is 2.08 bits per heavy atom. The predicted octanol–water partition coefficient (Wildman–Crippen LogP) is 3.82. The van der Waals surface area contributed by atoms with Gasteiger partial charge in [-0.25, -0.2) is 8.42 Å². The van der Waals surface area contributed by atoms with Crippen molar-refractivity contribution < 1.29 is 57.8 Å². The van der Waals surface area contributed by atoms with Crippen molar-refractivity contribution in [1.82, 2.24) is 5.32 Å². The van der Waals surface area contributed by atoms with Crippen LogP contribution in [-0.4, -0.2) is 56.6 Å². The van der Waals surface area contributed by atoms with Crippen molar-refractivity contribution in [1.29, 1.82) is 0 Å². The molecule has 17 heteroatoms. The lowest BCUT2D eigenvalue weighted by Gasteiger charge is -2.39. The average molecular weight is 607 g/mol. The van der Waals surface area contributed by atoms with Gasteiger partial charge >= 0.3 is 18.5 Å². The Balaban J connectivity index is 2.11. The van der Waals surface area contributed by atoms with Crippen LogP contribution in [-0.2, 0) is 26.8 Å². The second-order valence-corrected chi connectivity index (χ2v) is 10.9. The van der Waals surface area contributed by atoms with E-state index in [1.54, 1.807) is 6.92 Å². The van der Waals surface area contributed by atoms with Crippen LogP contribution < -0.4 is 15.4 Å². The van der Waals surface area contributed by atoms with Crippen molar-refractivity contribution in [2.75, 3.05) is 10.8 Å². The van der Waals surface area contributed by atoms with Gasteiger partial charge in [0.25, 0.3) is 15.6 Å². The molecule has 2 aromatic carbocycles. The minimum absolute atomic E-state index is 0.262. The number of nitrogens with zero attached hydrogens (tertiary/aromatic N) is 1. The van der Waals surface area contributed by atoms with Crippen molar-refractivity contribution in [2.24, 2.45) is 5.73 Å². The summed E-state index contributed by atoms with van der Waals surface area (Å²) in [5.74, 6) is -1.68. The summed E-state index contributed by atoms with van der Waals surface area (Å²) in [4.78, 5) is 11.6. The number of benzene rings is 2. The quantitative estimate of drug-likeness (QED) is 0.433. The van der Waals surface area contributed by atoms with E-state index in [2.05, 4.69) is 0 Å². The van der Waals surface area contributed by atoms with E-state index in [9.17, 15) is 57.8 Å². The number of carbonyl (C=O) groups excluding carboxylic acids is 1. The average Bonchev–Trinajstić information content (AvgIpc) is 2.83. The molecule has 0 radical (unpaired) electrons. The van der Waals surface area contributed by atoms with E-state index in [0.29, 0.717) is 22.0 Å². The predicted molar refractivity (Wildman–Crippen MR) is 122 cm³/mol. The van der Waals surface area contributed by atoms with Crippen molar-refractivity contribution in [3.05, 3.63) is 59.2 Å². The molecular weight excluding hydrogens is 585 g/mol. The maximum Gasteiger partial charge on any atom is 0.430 e. The van der Waals surface area contributed by atoms with Gasteiger partial charge in [0.1, 0.15) is 0 Å². The molecule has 3 rings (SSSR count). The molecule has 0 spiro atoms. The van der Waals surface area contributed by atoms with Crippen LogP contribution in [0.3, 0.4) is 0 Å². The van der Waals surface area contributed by atoms with Crippen LogP contribution in [0.15, 0.2) is 47.4 Å². The van der Waals surface area contributed by atoms with E-state index < -0.39 is 64.3 Å². The zero-order valence-electron chi connectivity index (χ0n) is 20.3. The molecule has 1 unspecified atom stereocenters. The van der Waals surface area contributed by atoms with E-state index in [1.807, 2.05) is 5.32 Å². The highest BCUT2D eigenvalue weighted by atomic mass is 32.2. The number of alkyl halides is 9. The summed E-state index contributed by atoms with van der Waals surface area (Å²) in [5.41, 5.74) is -2.08. The minimum atomic E-state index is -6.19. The number of halogens is 9. The number of hydrogen-bond acceptors (Lipinski definition) is 5. The summed E-state index contributed by atoms with van der Waals surface area (Å²) in [6.45, 7) is 0.919. The molecule has 222 valence electrons. The van der Waals surface area contributed by atoms with Crippen molar-refractivity contribution in [3.8, 4) is 0 Å². The Labute approximate surface area is 221 Å². The van der Waals surface area contributed by atoms with E-state index in [4.69, 9.17) is 5.73 Å². The third-order valence-electron chi connectivity index (χ3n) is 6.36. The van der Waals surface area contributed by atoms with Crippen LogP contribution in [0.25, 0.3) is 0 Å². The third kappa shape index (κ3) is 5.72.